The second kappa shape index (κ2) is 24.6. The average Bonchev–Trinajstić information content (AvgIpc) is 3.08. The van der Waals surface area contributed by atoms with Crippen LogP contribution < -0.4 is 5.32 Å². The van der Waals surface area contributed by atoms with Crippen LogP contribution in [0.25, 0.3) is 0 Å². The lowest BCUT2D eigenvalue weighted by Gasteiger charge is -2.46. The molecule has 2 rings (SSSR count). The van der Waals surface area contributed by atoms with Gasteiger partial charge in [-0.05, 0) is 25.7 Å². The van der Waals surface area contributed by atoms with Gasteiger partial charge in [0.05, 0.1) is 32.0 Å². The molecule has 49 heavy (non-hydrogen) atoms. The van der Waals surface area contributed by atoms with E-state index in [0.29, 0.717) is 6.42 Å². The molecule has 2 heterocycles. The van der Waals surface area contributed by atoms with Gasteiger partial charge in [-0.1, -0.05) is 89.0 Å². The third-order valence-corrected chi connectivity index (χ3v) is 8.93. The minimum absolute atomic E-state index is 0.325. The number of carbonyl (C=O) groups excluding carboxylic acids is 1. The second-order valence-corrected chi connectivity index (χ2v) is 13.1. The predicted octanol–water partition coefficient (Wildman–Crippen LogP) is 0.696. The van der Waals surface area contributed by atoms with E-state index >= 15 is 0 Å². The number of carbonyl (C=O) groups is 1. The first-order valence-electron chi connectivity index (χ1n) is 18.0. The first kappa shape index (κ1) is 43.6. The highest BCUT2D eigenvalue weighted by atomic mass is 16.7. The predicted molar refractivity (Wildman–Crippen MR) is 180 cm³/mol. The van der Waals surface area contributed by atoms with Crippen molar-refractivity contribution >= 4 is 5.91 Å². The normalized spacial score (nSPS) is 32.1. The van der Waals surface area contributed by atoms with Crippen LogP contribution in [0.4, 0.5) is 0 Å². The van der Waals surface area contributed by atoms with Gasteiger partial charge in [0.1, 0.15) is 48.8 Å². The zero-order valence-corrected chi connectivity index (χ0v) is 29.2. The number of hydrogen-bond donors (Lipinski definition) is 9. The fraction of sp³-hybridized carbons (Fsp3) is 0.857. The summed E-state index contributed by atoms with van der Waals surface area (Å²) in [6, 6.07) is -0.927. The van der Waals surface area contributed by atoms with Crippen LogP contribution in [0, 0.1) is 0 Å². The van der Waals surface area contributed by atoms with Crippen LogP contribution in [-0.4, -0.2) is 140 Å². The van der Waals surface area contributed by atoms with Crippen LogP contribution in [0.15, 0.2) is 24.3 Å². The Labute approximate surface area is 290 Å². The summed E-state index contributed by atoms with van der Waals surface area (Å²) in [5, 5.41) is 84.6. The highest BCUT2D eigenvalue weighted by Gasteiger charge is 2.50. The van der Waals surface area contributed by atoms with Gasteiger partial charge in [-0.3, -0.25) is 4.79 Å². The first-order chi connectivity index (χ1) is 23.5. The van der Waals surface area contributed by atoms with E-state index in [0.717, 1.165) is 12.8 Å². The van der Waals surface area contributed by atoms with Gasteiger partial charge in [-0.2, -0.15) is 0 Å². The number of hydrogen-bond acceptors (Lipinski definition) is 13. The van der Waals surface area contributed by atoms with Crippen molar-refractivity contribution in [2.24, 2.45) is 0 Å². The Morgan fingerprint density at radius 1 is 0.714 bits per heavy atom. The van der Waals surface area contributed by atoms with Crippen LogP contribution in [0.5, 0.6) is 0 Å². The summed E-state index contributed by atoms with van der Waals surface area (Å²) in [5.41, 5.74) is 0. The molecule has 14 nitrogen and oxygen atoms in total. The van der Waals surface area contributed by atoms with Gasteiger partial charge in [0.25, 0.3) is 0 Å². The highest BCUT2D eigenvalue weighted by Crippen LogP contribution is 2.29. The molecule has 0 aromatic heterocycles. The van der Waals surface area contributed by atoms with E-state index in [-0.39, 0.29) is 6.61 Å². The van der Waals surface area contributed by atoms with Crippen molar-refractivity contribution in [3.8, 4) is 0 Å². The highest BCUT2D eigenvalue weighted by molar-refractivity contribution is 5.73. The average molecular weight is 706 g/mol. The smallest absolute Gasteiger partial charge is 0.217 e. The van der Waals surface area contributed by atoms with Crippen LogP contribution in [-0.2, 0) is 23.7 Å². The number of unbranched alkanes of at least 4 members (excludes halogenated alkanes) is 11. The fourth-order valence-corrected chi connectivity index (χ4v) is 5.93. The van der Waals surface area contributed by atoms with Gasteiger partial charge in [0.2, 0.25) is 5.91 Å². The van der Waals surface area contributed by atoms with Crippen molar-refractivity contribution < 1.29 is 64.6 Å². The molecule has 9 N–H and O–H groups in total. The standard InChI is InChI=1S/C35H63NO13/c1-3-4-5-6-7-8-9-10-11-12-13-14-15-16-17-18-19-25(40)24(36-23(2)39)22-46-34-32(45)30(43)33(27(21-38)48-34)49-35-31(44)29(42)28(41)26(20-37)47-35/h14-15,18-19,24-35,37-38,40-45H,3-13,16-17,20-22H2,1-2H3,(H,36,39)/b15-14+,19-18+. The fourth-order valence-electron chi connectivity index (χ4n) is 5.93. The maximum Gasteiger partial charge on any atom is 0.217 e. The topological polar surface area (TPSA) is 228 Å². The Balaban J connectivity index is 1.78. The van der Waals surface area contributed by atoms with Gasteiger partial charge in [-0.15, -0.1) is 0 Å². The maximum atomic E-state index is 11.8. The van der Waals surface area contributed by atoms with E-state index in [9.17, 15) is 45.6 Å². The molecular formula is C35H63NO13. The van der Waals surface area contributed by atoms with E-state index in [1.54, 1.807) is 6.08 Å². The first-order valence-corrected chi connectivity index (χ1v) is 18.0. The Kier molecular flexibility index (Phi) is 21.9. The second-order valence-electron chi connectivity index (χ2n) is 13.1. The minimum atomic E-state index is -1.78. The molecule has 0 bridgehead atoms. The molecule has 0 aromatic carbocycles. The lowest BCUT2D eigenvalue weighted by atomic mass is 9.97. The summed E-state index contributed by atoms with van der Waals surface area (Å²) in [6.07, 6.45) is 6.27. The molecule has 14 heteroatoms. The number of nitrogens with one attached hydrogen (secondary N) is 1. The molecule has 12 atom stereocenters. The number of ether oxygens (including phenoxy) is 4. The number of aliphatic hydroxyl groups is 8. The molecule has 2 saturated heterocycles. The largest absolute Gasteiger partial charge is 0.394 e. The Morgan fingerprint density at radius 2 is 1.27 bits per heavy atom. The molecule has 0 saturated carbocycles. The van der Waals surface area contributed by atoms with Gasteiger partial charge < -0.3 is 65.1 Å². The lowest BCUT2D eigenvalue weighted by Crippen LogP contribution is -2.65. The van der Waals surface area contributed by atoms with E-state index in [1.807, 2.05) is 6.08 Å². The van der Waals surface area contributed by atoms with Gasteiger partial charge in [-0.25, -0.2) is 0 Å². The van der Waals surface area contributed by atoms with Crippen molar-refractivity contribution in [3.05, 3.63) is 24.3 Å². The molecule has 0 spiro atoms. The molecule has 0 radical (unpaired) electrons. The Hall–Kier alpha value is -1.53. The van der Waals surface area contributed by atoms with Gasteiger partial charge >= 0.3 is 0 Å². The summed E-state index contributed by atoms with van der Waals surface area (Å²) in [6.45, 7) is 1.77. The number of allylic oxidation sites excluding steroid dienone is 3. The number of rotatable bonds is 24. The lowest BCUT2D eigenvalue weighted by molar-refractivity contribution is -0.359. The number of aliphatic hydroxyl groups excluding tert-OH is 8. The molecule has 0 aromatic rings. The molecular weight excluding hydrogens is 642 g/mol. The molecule has 286 valence electrons. The third-order valence-electron chi connectivity index (χ3n) is 8.93. The van der Waals surface area contributed by atoms with Crippen molar-refractivity contribution in [1.29, 1.82) is 0 Å². The molecule has 12 unspecified atom stereocenters. The molecule has 0 aliphatic carbocycles. The van der Waals surface area contributed by atoms with Crippen LogP contribution in [0.3, 0.4) is 0 Å². The molecule has 2 fully saturated rings. The summed E-state index contributed by atoms with van der Waals surface area (Å²) < 4.78 is 22.1. The number of amides is 1. The van der Waals surface area contributed by atoms with Crippen LogP contribution in [0.1, 0.15) is 97.3 Å². The SMILES string of the molecule is CCCCCCCCCCCC/C=C/CC/C=C/C(O)C(COC1OC(CO)C(OC2OC(CO)C(O)C(O)C2O)C(O)C1O)NC(C)=O. The quantitative estimate of drug-likeness (QED) is 0.0498. The van der Waals surface area contributed by atoms with Gasteiger partial charge in [0, 0.05) is 6.92 Å². The summed E-state index contributed by atoms with van der Waals surface area (Å²) in [7, 11) is 0. The Morgan fingerprint density at radius 3 is 1.88 bits per heavy atom. The Bertz CT molecular complexity index is 935. The summed E-state index contributed by atoms with van der Waals surface area (Å²) in [4.78, 5) is 11.8. The van der Waals surface area contributed by atoms with Crippen LogP contribution >= 0.6 is 0 Å². The summed E-state index contributed by atoms with van der Waals surface area (Å²) in [5.74, 6) is -0.428. The third kappa shape index (κ3) is 15.3. The van der Waals surface area contributed by atoms with Crippen molar-refractivity contribution in [2.75, 3.05) is 19.8 Å². The molecule has 1 amide bonds. The molecule has 2 aliphatic rings. The monoisotopic (exact) mass is 705 g/mol. The van der Waals surface area contributed by atoms with Gasteiger partial charge in [0.15, 0.2) is 12.6 Å². The van der Waals surface area contributed by atoms with Crippen molar-refractivity contribution in [1.82, 2.24) is 5.32 Å². The van der Waals surface area contributed by atoms with Crippen molar-refractivity contribution in [2.45, 2.75) is 171 Å². The van der Waals surface area contributed by atoms with E-state index in [2.05, 4.69) is 24.4 Å². The zero-order valence-electron chi connectivity index (χ0n) is 29.2. The molecule has 2 aliphatic heterocycles. The summed E-state index contributed by atoms with van der Waals surface area (Å²) >= 11 is 0. The van der Waals surface area contributed by atoms with E-state index < -0.39 is 92.7 Å². The van der Waals surface area contributed by atoms with Crippen LogP contribution in [0.2, 0.25) is 0 Å². The maximum absolute atomic E-state index is 11.8. The zero-order chi connectivity index (χ0) is 36.2. The minimum Gasteiger partial charge on any atom is -0.394 e. The van der Waals surface area contributed by atoms with Crippen molar-refractivity contribution in [3.63, 3.8) is 0 Å². The van der Waals surface area contributed by atoms with E-state index in [1.165, 1.54) is 71.1 Å². The van der Waals surface area contributed by atoms with E-state index in [4.69, 9.17) is 18.9 Å².